The third-order valence-corrected chi connectivity index (χ3v) is 5.64. The maximum Gasteiger partial charge on any atom is 0.253 e. The highest BCUT2D eigenvalue weighted by atomic mass is 19.1. The number of carbonyl (C=O) groups is 2. The van der Waals surface area contributed by atoms with Crippen LogP contribution in [0.5, 0.6) is 0 Å². The molecule has 2 saturated heterocycles. The number of ether oxygens (including phenoxy) is 1. The van der Waals surface area contributed by atoms with E-state index in [2.05, 4.69) is 0 Å². The lowest BCUT2D eigenvalue weighted by atomic mass is 9.85. The number of anilines is 1. The molecule has 146 valence electrons. The average Bonchev–Trinajstić information content (AvgIpc) is 2.70. The Morgan fingerprint density at radius 2 is 1.89 bits per heavy atom. The number of piperidine rings is 1. The number of para-hydroxylation sites is 1. The highest BCUT2D eigenvalue weighted by Gasteiger charge is 2.50. The topological polar surface area (TPSA) is 49.9 Å². The monoisotopic (exact) mass is 382 g/mol. The number of amides is 2. The van der Waals surface area contributed by atoms with Crippen molar-refractivity contribution in [1.29, 1.82) is 0 Å². The summed E-state index contributed by atoms with van der Waals surface area (Å²) in [5.74, 6) is -0.386. The second-order valence-corrected chi connectivity index (χ2v) is 7.62. The van der Waals surface area contributed by atoms with E-state index in [-0.39, 0.29) is 36.7 Å². The van der Waals surface area contributed by atoms with Gasteiger partial charge in [0.05, 0.1) is 19.0 Å². The van der Waals surface area contributed by atoms with Crippen molar-refractivity contribution in [2.24, 2.45) is 0 Å². The van der Waals surface area contributed by atoms with Gasteiger partial charge in [-0.25, -0.2) is 4.39 Å². The van der Waals surface area contributed by atoms with E-state index in [4.69, 9.17) is 4.74 Å². The molecule has 0 N–H and O–H groups in total. The number of nitrogens with zero attached hydrogens (tertiary/aromatic N) is 2. The van der Waals surface area contributed by atoms with Crippen LogP contribution in [0, 0.1) is 5.82 Å². The molecule has 2 amide bonds. The summed E-state index contributed by atoms with van der Waals surface area (Å²) >= 11 is 0. The molecule has 2 aliphatic rings. The minimum Gasteiger partial charge on any atom is -0.361 e. The van der Waals surface area contributed by atoms with E-state index >= 15 is 0 Å². The van der Waals surface area contributed by atoms with Gasteiger partial charge in [-0.1, -0.05) is 30.3 Å². The fourth-order valence-corrected chi connectivity index (χ4v) is 4.17. The standard InChI is InChI=1S/C22H23FN2O3/c1-22-15-24(20(26)13-16-7-9-17(23)10-8-16)12-11-19(22)25(21(27)14-28-22)18-5-3-2-4-6-18/h2-10,19H,11-15H2,1H3/t19-,22-/m1/s1. The van der Waals surface area contributed by atoms with Gasteiger partial charge < -0.3 is 14.5 Å². The van der Waals surface area contributed by atoms with Crippen LogP contribution in [0.1, 0.15) is 18.9 Å². The molecule has 5 nitrogen and oxygen atoms in total. The Labute approximate surface area is 163 Å². The van der Waals surface area contributed by atoms with Gasteiger partial charge in [0, 0.05) is 12.2 Å². The third-order valence-electron chi connectivity index (χ3n) is 5.64. The van der Waals surface area contributed by atoms with Crippen LogP contribution in [0.3, 0.4) is 0 Å². The summed E-state index contributed by atoms with van der Waals surface area (Å²) in [5, 5.41) is 0. The summed E-state index contributed by atoms with van der Waals surface area (Å²) in [6.07, 6.45) is 0.870. The first-order valence-corrected chi connectivity index (χ1v) is 9.49. The van der Waals surface area contributed by atoms with Crippen LogP contribution in [0.25, 0.3) is 0 Å². The molecule has 0 radical (unpaired) electrons. The Balaban J connectivity index is 1.50. The van der Waals surface area contributed by atoms with Crippen molar-refractivity contribution < 1.29 is 18.7 Å². The molecule has 2 atom stereocenters. The number of fused-ring (bicyclic) bond motifs is 1. The van der Waals surface area contributed by atoms with Crippen LogP contribution in [0.4, 0.5) is 10.1 Å². The van der Waals surface area contributed by atoms with Crippen LogP contribution in [-0.4, -0.2) is 48.1 Å². The lowest BCUT2D eigenvalue weighted by Gasteiger charge is -2.52. The van der Waals surface area contributed by atoms with Gasteiger partial charge in [0.25, 0.3) is 5.91 Å². The quantitative estimate of drug-likeness (QED) is 0.820. The molecule has 4 rings (SSSR count). The van der Waals surface area contributed by atoms with E-state index in [1.807, 2.05) is 42.2 Å². The number of morpholine rings is 1. The third kappa shape index (κ3) is 3.52. The van der Waals surface area contributed by atoms with E-state index in [1.165, 1.54) is 12.1 Å². The molecule has 2 aromatic carbocycles. The zero-order valence-corrected chi connectivity index (χ0v) is 15.8. The Morgan fingerprint density at radius 1 is 1.18 bits per heavy atom. The first-order valence-electron chi connectivity index (χ1n) is 9.49. The maximum atomic E-state index is 13.1. The maximum absolute atomic E-state index is 13.1. The first kappa shape index (κ1) is 18.6. The number of benzene rings is 2. The van der Waals surface area contributed by atoms with Crippen molar-refractivity contribution in [1.82, 2.24) is 4.90 Å². The predicted molar refractivity (Wildman–Crippen MR) is 103 cm³/mol. The molecule has 0 spiro atoms. The lowest BCUT2D eigenvalue weighted by molar-refractivity contribution is -0.158. The molecule has 0 aliphatic carbocycles. The second kappa shape index (κ2) is 7.36. The molecule has 28 heavy (non-hydrogen) atoms. The lowest BCUT2D eigenvalue weighted by Crippen LogP contribution is -2.68. The number of halogens is 1. The SMILES string of the molecule is C[C@@]12CN(C(=O)Cc3ccc(F)cc3)CC[C@H]1N(c1ccccc1)C(=O)CO2. The number of hydrogen-bond donors (Lipinski definition) is 0. The Bertz CT molecular complexity index is 871. The molecule has 2 heterocycles. The van der Waals surface area contributed by atoms with Crippen molar-refractivity contribution in [2.75, 3.05) is 24.6 Å². The van der Waals surface area contributed by atoms with E-state index in [9.17, 15) is 14.0 Å². The Kier molecular flexibility index (Phi) is 4.89. The van der Waals surface area contributed by atoms with Gasteiger partial charge in [-0.15, -0.1) is 0 Å². The molecule has 6 heteroatoms. The molecule has 0 saturated carbocycles. The number of carbonyl (C=O) groups excluding carboxylic acids is 2. The van der Waals surface area contributed by atoms with E-state index in [0.717, 1.165) is 11.3 Å². The summed E-state index contributed by atoms with van der Waals surface area (Å²) in [5.41, 5.74) is 1.02. The number of likely N-dealkylation sites (tertiary alicyclic amines) is 1. The molecule has 0 bridgehead atoms. The normalized spacial score (nSPS) is 24.8. The fourth-order valence-electron chi connectivity index (χ4n) is 4.17. The second-order valence-electron chi connectivity index (χ2n) is 7.62. The summed E-state index contributed by atoms with van der Waals surface area (Å²) in [7, 11) is 0. The number of rotatable bonds is 3. The first-order chi connectivity index (χ1) is 13.5. The van der Waals surface area contributed by atoms with E-state index in [0.29, 0.717) is 19.5 Å². The van der Waals surface area contributed by atoms with Crippen molar-refractivity contribution in [3.8, 4) is 0 Å². The van der Waals surface area contributed by atoms with Gasteiger partial charge in [0.15, 0.2) is 0 Å². The molecule has 0 unspecified atom stereocenters. The van der Waals surface area contributed by atoms with Crippen LogP contribution in [0.15, 0.2) is 54.6 Å². The van der Waals surface area contributed by atoms with Crippen molar-refractivity contribution in [2.45, 2.75) is 31.4 Å². The van der Waals surface area contributed by atoms with Crippen molar-refractivity contribution in [3.63, 3.8) is 0 Å². The minimum atomic E-state index is -0.625. The molecule has 2 aromatic rings. The van der Waals surface area contributed by atoms with Crippen molar-refractivity contribution in [3.05, 3.63) is 66.0 Å². The van der Waals surface area contributed by atoms with Crippen molar-refractivity contribution >= 4 is 17.5 Å². The van der Waals surface area contributed by atoms with E-state index < -0.39 is 5.60 Å². The molecule has 0 aromatic heterocycles. The van der Waals surface area contributed by atoms with Gasteiger partial charge in [0.2, 0.25) is 5.91 Å². The zero-order valence-electron chi connectivity index (χ0n) is 15.8. The van der Waals surface area contributed by atoms with Crippen LogP contribution in [-0.2, 0) is 20.7 Å². The van der Waals surface area contributed by atoms with Gasteiger partial charge in [-0.2, -0.15) is 0 Å². The fraction of sp³-hybridized carbons (Fsp3) is 0.364. The zero-order chi connectivity index (χ0) is 19.7. The molecular formula is C22H23FN2O3. The van der Waals surface area contributed by atoms with Crippen LogP contribution < -0.4 is 4.90 Å². The average molecular weight is 382 g/mol. The molecule has 2 fully saturated rings. The summed E-state index contributed by atoms with van der Waals surface area (Å²) in [6, 6.07) is 15.5. The van der Waals surface area contributed by atoms with Crippen LogP contribution in [0.2, 0.25) is 0 Å². The highest BCUT2D eigenvalue weighted by molar-refractivity contribution is 5.96. The highest BCUT2D eigenvalue weighted by Crippen LogP contribution is 2.36. The van der Waals surface area contributed by atoms with Gasteiger partial charge in [-0.05, 0) is 43.2 Å². The smallest absolute Gasteiger partial charge is 0.253 e. The minimum absolute atomic E-state index is 0.00187. The predicted octanol–water partition coefficient (Wildman–Crippen LogP) is 2.79. The summed E-state index contributed by atoms with van der Waals surface area (Å²) in [4.78, 5) is 29.0. The largest absolute Gasteiger partial charge is 0.361 e. The van der Waals surface area contributed by atoms with E-state index in [1.54, 1.807) is 17.0 Å². The Morgan fingerprint density at radius 3 is 2.61 bits per heavy atom. The Hall–Kier alpha value is -2.73. The van der Waals surface area contributed by atoms with Gasteiger partial charge in [-0.3, -0.25) is 9.59 Å². The summed E-state index contributed by atoms with van der Waals surface area (Å²) in [6.45, 7) is 2.95. The molecule has 2 aliphatic heterocycles. The van der Waals surface area contributed by atoms with Gasteiger partial charge >= 0.3 is 0 Å². The molecular weight excluding hydrogens is 359 g/mol. The number of hydrogen-bond acceptors (Lipinski definition) is 3. The van der Waals surface area contributed by atoms with Gasteiger partial charge in [0.1, 0.15) is 18.0 Å². The summed E-state index contributed by atoms with van der Waals surface area (Å²) < 4.78 is 19.0. The van der Waals surface area contributed by atoms with Crippen LogP contribution >= 0.6 is 0 Å².